The Hall–Kier alpha value is -10.2. The lowest BCUT2D eigenvalue weighted by Crippen LogP contribution is -2.24. The zero-order chi connectivity index (χ0) is 53.6. The highest BCUT2D eigenvalue weighted by molar-refractivity contribution is 6.11. The van der Waals surface area contributed by atoms with E-state index in [1.54, 1.807) is 0 Å². The van der Waals surface area contributed by atoms with Crippen LogP contribution in [0.1, 0.15) is 49.9 Å². The summed E-state index contributed by atoms with van der Waals surface area (Å²) in [6.45, 7) is 9.33. The Morgan fingerprint density at radius 1 is 0.333 bits per heavy atom. The van der Waals surface area contributed by atoms with Gasteiger partial charge in [-0.25, -0.2) is 9.97 Å². The van der Waals surface area contributed by atoms with Gasteiger partial charge >= 0.3 is 0 Å². The number of ether oxygens (including phenoxy) is 3. The van der Waals surface area contributed by atoms with E-state index >= 15 is 0 Å². The van der Waals surface area contributed by atoms with Gasteiger partial charge in [0.2, 0.25) is 5.95 Å². The van der Waals surface area contributed by atoms with Crippen molar-refractivity contribution in [2.75, 3.05) is 4.90 Å². The molecular formula is C74H48N4O3. The zero-order valence-electron chi connectivity index (χ0n) is 44.8. The Morgan fingerprint density at radius 2 is 0.790 bits per heavy atom. The average Bonchev–Trinajstić information content (AvgIpc) is 4.22. The van der Waals surface area contributed by atoms with Gasteiger partial charge in [-0.3, -0.25) is 9.47 Å². The predicted octanol–water partition coefficient (Wildman–Crippen LogP) is 19.8. The predicted molar refractivity (Wildman–Crippen MR) is 326 cm³/mol. The quantitative estimate of drug-likeness (QED) is 0.171. The minimum absolute atomic E-state index is 0.163. The van der Waals surface area contributed by atoms with Crippen LogP contribution in [-0.4, -0.2) is 14.5 Å². The fraction of sp³-hybridized carbons (Fsp3) is 0.0811. The molecule has 7 nitrogen and oxygen atoms in total. The average molecular weight is 1040 g/mol. The summed E-state index contributed by atoms with van der Waals surface area (Å²) in [7, 11) is 0. The first-order valence-corrected chi connectivity index (χ1v) is 27.9. The van der Waals surface area contributed by atoms with Gasteiger partial charge in [0.25, 0.3) is 0 Å². The number of nitrogens with zero attached hydrogens (tertiary/aromatic N) is 4. The van der Waals surface area contributed by atoms with Crippen molar-refractivity contribution in [2.45, 2.75) is 38.5 Å². The van der Waals surface area contributed by atoms with Gasteiger partial charge in [-0.2, -0.15) is 0 Å². The molecular weight excluding hydrogens is 993 g/mol. The van der Waals surface area contributed by atoms with Gasteiger partial charge in [0, 0.05) is 32.6 Å². The highest BCUT2D eigenvalue weighted by atomic mass is 16.5. The summed E-state index contributed by atoms with van der Waals surface area (Å²) in [5.74, 6) is 4.90. The number of fused-ring (bicyclic) bond motifs is 10. The largest absolute Gasteiger partial charge is 0.453 e. The van der Waals surface area contributed by atoms with Crippen molar-refractivity contribution in [1.82, 2.24) is 14.5 Å². The van der Waals surface area contributed by atoms with Gasteiger partial charge in [0.15, 0.2) is 34.5 Å². The smallest absolute Gasteiger partial charge is 0.235 e. The molecule has 0 spiro atoms. The summed E-state index contributed by atoms with van der Waals surface area (Å²) >= 11 is 0. The molecule has 0 unspecified atom stereocenters. The maximum atomic E-state index is 7.28. The van der Waals surface area contributed by atoms with Crippen LogP contribution in [0.15, 0.2) is 218 Å². The van der Waals surface area contributed by atoms with Crippen LogP contribution in [0.25, 0.3) is 106 Å². The van der Waals surface area contributed by atoms with E-state index < -0.39 is 0 Å². The minimum Gasteiger partial charge on any atom is -0.453 e. The number of hydrogen-bond donors (Lipinski definition) is 0. The third-order valence-electron chi connectivity index (χ3n) is 18.1. The van der Waals surface area contributed by atoms with Crippen LogP contribution in [0.4, 0.5) is 17.1 Å². The number of aromatic nitrogens is 3. The number of benzene rings is 11. The Bertz CT molecular complexity index is 4800. The molecule has 0 amide bonds. The molecule has 382 valence electrons. The molecule has 0 bridgehead atoms. The van der Waals surface area contributed by atoms with E-state index in [1.807, 2.05) is 12.1 Å². The van der Waals surface area contributed by atoms with Gasteiger partial charge in [0.05, 0.1) is 22.2 Å². The molecule has 5 heterocycles. The summed E-state index contributed by atoms with van der Waals surface area (Å²) in [6, 6.07) is 78.3. The lowest BCUT2D eigenvalue weighted by Gasteiger charge is -2.42. The number of para-hydroxylation sites is 2. The number of anilines is 3. The molecule has 2 aliphatic carbocycles. The lowest BCUT2D eigenvalue weighted by atomic mass is 9.82. The van der Waals surface area contributed by atoms with Crippen LogP contribution in [0.3, 0.4) is 0 Å². The Morgan fingerprint density at radius 3 is 1.37 bits per heavy atom. The van der Waals surface area contributed by atoms with Crippen LogP contribution < -0.4 is 19.1 Å². The molecule has 0 radical (unpaired) electrons. The first-order valence-electron chi connectivity index (χ1n) is 27.9. The van der Waals surface area contributed by atoms with Gasteiger partial charge in [-0.05, 0) is 139 Å². The Labute approximate surface area is 467 Å². The lowest BCUT2D eigenvalue weighted by molar-refractivity contribution is 0.418. The molecule has 2 aromatic heterocycles. The SMILES string of the molecule is CC1(C)c2ccccc2-c2c(-c3cc4c5c(c3)Oc3cc(-c6cccc7c6-c6ccccc6C7(C)C)cc6c3N5c3c(cc(-c5ccc7c(c5)c5ccccc5n7-c5nc(-c7ccccc7)c7ccccc7n5)cc3O6)O4)cccc21. The van der Waals surface area contributed by atoms with E-state index in [-0.39, 0.29) is 10.8 Å². The molecule has 5 aliphatic rings. The molecule has 7 heteroatoms. The van der Waals surface area contributed by atoms with E-state index in [0.29, 0.717) is 28.9 Å². The van der Waals surface area contributed by atoms with Crippen LogP contribution >= 0.6 is 0 Å². The van der Waals surface area contributed by atoms with E-state index in [2.05, 4.69) is 243 Å². The Kier molecular flexibility index (Phi) is 8.69. The number of hydrogen-bond acceptors (Lipinski definition) is 6. The van der Waals surface area contributed by atoms with Crippen LogP contribution in [0.5, 0.6) is 34.5 Å². The molecule has 0 fully saturated rings. The van der Waals surface area contributed by atoms with Crippen molar-refractivity contribution in [3.8, 4) is 107 Å². The first kappa shape index (κ1) is 44.7. The second-order valence-electron chi connectivity index (χ2n) is 23.2. The molecule has 3 aliphatic heterocycles. The van der Waals surface area contributed by atoms with Crippen LogP contribution in [0.2, 0.25) is 0 Å². The summed E-state index contributed by atoms with van der Waals surface area (Å²) in [5.41, 5.74) is 23.7. The maximum absolute atomic E-state index is 7.28. The monoisotopic (exact) mass is 1040 g/mol. The van der Waals surface area contributed by atoms with Crippen LogP contribution in [0, 0.1) is 0 Å². The van der Waals surface area contributed by atoms with Crippen molar-refractivity contribution in [2.24, 2.45) is 0 Å². The second kappa shape index (κ2) is 15.7. The van der Waals surface area contributed by atoms with Gasteiger partial charge in [-0.15, -0.1) is 0 Å². The summed E-state index contributed by atoms with van der Waals surface area (Å²) in [6.07, 6.45) is 0. The molecule has 0 atom stereocenters. The van der Waals surface area contributed by atoms with E-state index in [4.69, 9.17) is 24.2 Å². The molecule has 0 N–H and O–H groups in total. The number of rotatable bonds is 5. The van der Waals surface area contributed by atoms with Crippen molar-refractivity contribution >= 4 is 49.8 Å². The third kappa shape index (κ3) is 6.01. The molecule has 81 heavy (non-hydrogen) atoms. The molecule has 18 rings (SSSR count). The zero-order valence-corrected chi connectivity index (χ0v) is 44.8. The van der Waals surface area contributed by atoms with Gasteiger partial charge in [-0.1, -0.05) is 185 Å². The standard InChI is InChI=1S/C74H48N4O3/c1-73(2)53-26-12-8-21-49(53)66-46(24-16-28-55(66)73)44-37-62-70-64(39-44)81-65-40-45(47-25-17-29-56-67(47)50-22-9-13-27-54(50)74(56,3)4)38-63-71(65)78(70)69-60(79-62)35-43(36-61(69)80-63)42-32-33-59-52(34-42)48-20-11-15-31-58(48)77(59)72-75-57-30-14-10-23-51(57)68(76-72)41-18-6-5-7-19-41/h5-40H,1-4H3. The van der Waals surface area contributed by atoms with Crippen molar-refractivity contribution in [3.05, 3.63) is 241 Å². The minimum atomic E-state index is -0.163. The topological polar surface area (TPSA) is 61.6 Å². The fourth-order valence-corrected chi connectivity index (χ4v) is 14.4. The first-order chi connectivity index (χ1) is 39.7. The van der Waals surface area contributed by atoms with Crippen molar-refractivity contribution < 1.29 is 14.2 Å². The summed E-state index contributed by atoms with van der Waals surface area (Å²) < 4.78 is 24.0. The molecule has 13 aromatic rings. The van der Waals surface area contributed by atoms with E-state index in [1.165, 1.54) is 44.5 Å². The third-order valence-corrected chi connectivity index (χ3v) is 18.1. The van der Waals surface area contributed by atoms with E-state index in [9.17, 15) is 0 Å². The highest BCUT2D eigenvalue weighted by Gasteiger charge is 2.44. The van der Waals surface area contributed by atoms with Crippen molar-refractivity contribution in [3.63, 3.8) is 0 Å². The summed E-state index contributed by atoms with van der Waals surface area (Å²) in [5, 5.41) is 3.20. The molecule has 11 aromatic carbocycles. The highest BCUT2D eigenvalue weighted by Crippen LogP contribution is 2.69. The fourth-order valence-electron chi connectivity index (χ4n) is 14.4. The van der Waals surface area contributed by atoms with Gasteiger partial charge in [0.1, 0.15) is 17.1 Å². The summed E-state index contributed by atoms with van der Waals surface area (Å²) in [4.78, 5) is 12.9. The Balaban J connectivity index is 0.839. The van der Waals surface area contributed by atoms with E-state index in [0.717, 1.165) is 106 Å². The second-order valence-corrected chi connectivity index (χ2v) is 23.2. The van der Waals surface area contributed by atoms with Crippen LogP contribution in [-0.2, 0) is 10.8 Å². The van der Waals surface area contributed by atoms with Gasteiger partial charge < -0.3 is 14.2 Å². The molecule has 0 saturated heterocycles. The molecule has 0 saturated carbocycles. The normalized spacial score (nSPS) is 14.6. The van der Waals surface area contributed by atoms with Crippen molar-refractivity contribution in [1.29, 1.82) is 0 Å². The maximum Gasteiger partial charge on any atom is 0.235 e.